The topological polar surface area (TPSA) is 83.5 Å². The summed E-state index contributed by atoms with van der Waals surface area (Å²) in [6.45, 7) is 7.59. The van der Waals surface area contributed by atoms with Crippen molar-refractivity contribution in [1.82, 2.24) is 14.8 Å². The van der Waals surface area contributed by atoms with Gasteiger partial charge in [-0.1, -0.05) is 12.1 Å². The van der Waals surface area contributed by atoms with Crippen LogP contribution < -0.4 is 14.7 Å². The standard InChI is InChI=1S/C29H37F3N6O3/c1-18-6-5-7-23-26(18)37(11-10-36-9-8-34(3)16-22(36)17-39)15-20-13-25(40)38(27(20)28(41)35(23)4)24-14-21(29(30,31)32)12-19(2)33-24/h5-7,12,14,20,22,27,39H,8-11,13,15-17H2,1-4H3/t20-,22-,27+/m1/s1. The summed E-state index contributed by atoms with van der Waals surface area (Å²) in [5, 5.41) is 10.00. The Balaban J connectivity index is 1.51. The molecule has 3 aliphatic rings. The van der Waals surface area contributed by atoms with Gasteiger partial charge in [-0.05, 0) is 44.7 Å². The number of nitrogens with zero attached hydrogens (tertiary/aromatic N) is 6. The Morgan fingerprint density at radius 2 is 1.80 bits per heavy atom. The number of aromatic nitrogens is 1. The van der Waals surface area contributed by atoms with Crippen molar-refractivity contribution in [1.29, 1.82) is 0 Å². The number of benzene rings is 1. The van der Waals surface area contributed by atoms with Gasteiger partial charge < -0.3 is 19.8 Å². The van der Waals surface area contributed by atoms with E-state index in [2.05, 4.69) is 19.7 Å². The molecule has 0 bridgehead atoms. The maximum atomic E-state index is 14.0. The van der Waals surface area contributed by atoms with Crippen LogP contribution in [0.4, 0.5) is 30.4 Å². The molecule has 1 aromatic heterocycles. The number of anilines is 3. The number of fused-ring (bicyclic) bond motifs is 2. The van der Waals surface area contributed by atoms with Crippen LogP contribution in [-0.2, 0) is 15.8 Å². The van der Waals surface area contributed by atoms with Crippen molar-refractivity contribution in [3.63, 3.8) is 0 Å². The summed E-state index contributed by atoms with van der Waals surface area (Å²) in [5.41, 5.74) is 1.77. The summed E-state index contributed by atoms with van der Waals surface area (Å²) in [7, 11) is 3.68. The molecular weight excluding hydrogens is 537 g/mol. The molecule has 5 rings (SSSR count). The van der Waals surface area contributed by atoms with Crippen LogP contribution >= 0.6 is 0 Å². The van der Waals surface area contributed by atoms with Crippen molar-refractivity contribution in [2.45, 2.75) is 38.5 Å². The van der Waals surface area contributed by atoms with Gasteiger partial charge in [0, 0.05) is 70.4 Å². The molecule has 2 saturated heterocycles. The molecule has 2 fully saturated rings. The number of carbonyl (C=O) groups excluding carboxylic acids is 2. The average molecular weight is 575 g/mol. The predicted molar refractivity (Wildman–Crippen MR) is 150 cm³/mol. The van der Waals surface area contributed by atoms with Gasteiger partial charge in [-0.25, -0.2) is 4.98 Å². The quantitative estimate of drug-likeness (QED) is 0.588. The molecule has 0 aliphatic carbocycles. The molecule has 3 atom stereocenters. The lowest BCUT2D eigenvalue weighted by Gasteiger charge is -2.42. The number of aliphatic hydroxyl groups excluding tert-OH is 1. The van der Waals surface area contributed by atoms with Crippen LogP contribution in [-0.4, -0.2) is 104 Å². The maximum Gasteiger partial charge on any atom is 0.416 e. The van der Waals surface area contributed by atoms with E-state index in [1.807, 2.05) is 32.2 Å². The van der Waals surface area contributed by atoms with E-state index in [-0.39, 0.29) is 36.5 Å². The molecule has 3 aliphatic heterocycles. The van der Waals surface area contributed by atoms with Gasteiger partial charge in [0.25, 0.3) is 0 Å². The first-order valence-electron chi connectivity index (χ1n) is 13.9. The molecular formula is C29H37F3N6O3. The zero-order valence-corrected chi connectivity index (χ0v) is 23.9. The molecule has 12 heteroatoms. The Hall–Kier alpha value is -3.22. The fourth-order valence-electron chi connectivity index (χ4n) is 6.47. The van der Waals surface area contributed by atoms with Crippen LogP contribution in [0.5, 0.6) is 0 Å². The Morgan fingerprint density at radius 1 is 1.05 bits per heavy atom. The molecule has 2 amide bonds. The van der Waals surface area contributed by atoms with Gasteiger partial charge >= 0.3 is 6.18 Å². The van der Waals surface area contributed by atoms with E-state index in [9.17, 15) is 27.9 Å². The van der Waals surface area contributed by atoms with Crippen molar-refractivity contribution in [2.75, 3.05) is 74.7 Å². The second kappa shape index (κ2) is 11.2. The monoisotopic (exact) mass is 574 g/mol. The maximum absolute atomic E-state index is 14.0. The van der Waals surface area contributed by atoms with Gasteiger partial charge in [0.2, 0.25) is 11.8 Å². The van der Waals surface area contributed by atoms with Gasteiger partial charge in [-0.3, -0.25) is 19.4 Å². The molecule has 222 valence electrons. The number of amides is 2. The highest BCUT2D eigenvalue weighted by atomic mass is 19.4. The molecule has 0 saturated carbocycles. The molecule has 9 nitrogen and oxygen atoms in total. The molecule has 0 spiro atoms. The lowest BCUT2D eigenvalue weighted by atomic mass is 9.95. The number of halogens is 3. The highest BCUT2D eigenvalue weighted by molar-refractivity contribution is 6.10. The van der Waals surface area contributed by atoms with Gasteiger partial charge in [-0.2, -0.15) is 13.2 Å². The van der Waals surface area contributed by atoms with Gasteiger partial charge in [0.05, 0.1) is 23.5 Å². The number of hydrogen-bond acceptors (Lipinski definition) is 7. The van der Waals surface area contributed by atoms with E-state index in [0.717, 1.165) is 43.0 Å². The van der Waals surface area contributed by atoms with E-state index >= 15 is 0 Å². The number of pyridine rings is 1. The fourth-order valence-corrected chi connectivity index (χ4v) is 6.47. The summed E-state index contributed by atoms with van der Waals surface area (Å²) < 4.78 is 41.0. The number of likely N-dealkylation sites (N-methyl/N-ethyl adjacent to an activating group) is 2. The van der Waals surface area contributed by atoms with Gasteiger partial charge in [0.15, 0.2) is 0 Å². The zero-order valence-electron chi connectivity index (χ0n) is 23.9. The Bertz CT molecular complexity index is 1320. The van der Waals surface area contributed by atoms with Crippen molar-refractivity contribution < 1.29 is 27.9 Å². The minimum Gasteiger partial charge on any atom is -0.395 e. The molecule has 0 radical (unpaired) electrons. The fraction of sp³-hybridized carbons (Fsp3) is 0.552. The van der Waals surface area contributed by atoms with Crippen LogP contribution in [0.1, 0.15) is 23.2 Å². The number of alkyl halides is 3. The lowest BCUT2D eigenvalue weighted by Crippen LogP contribution is -2.56. The van der Waals surface area contributed by atoms with Crippen LogP contribution in [0.15, 0.2) is 30.3 Å². The highest BCUT2D eigenvalue weighted by Gasteiger charge is 2.49. The Kier molecular flexibility index (Phi) is 8.01. The molecule has 41 heavy (non-hydrogen) atoms. The molecule has 2 aromatic rings. The lowest BCUT2D eigenvalue weighted by molar-refractivity contribution is -0.137. The summed E-state index contributed by atoms with van der Waals surface area (Å²) >= 11 is 0. The first-order valence-corrected chi connectivity index (χ1v) is 13.9. The normalized spacial score (nSPS) is 24.4. The largest absolute Gasteiger partial charge is 0.416 e. The SMILES string of the molecule is Cc1cc(C(F)(F)F)cc(N2C(=O)C[C@@H]3CN(CCN4CCN(C)C[C@@H]4CO)c4c(C)cccc4N(C)C(=O)[C@H]32)n1. The number of carbonyl (C=O) groups is 2. The summed E-state index contributed by atoms with van der Waals surface area (Å²) in [6, 6.07) is 6.52. The number of piperazine rings is 1. The summed E-state index contributed by atoms with van der Waals surface area (Å²) in [6.07, 6.45) is -4.60. The third-order valence-corrected chi connectivity index (χ3v) is 8.55. The number of para-hydroxylation sites is 1. The van der Waals surface area contributed by atoms with Crippen molar-refractivity contribution in [3.05, 3.63) is 47.2 Å². The third-order valence-electron chi connectivity index (χ3n) is 8.55. The van der Waals surface area contributed by atoms with Gasteiger partial charge in [0.1, 0.15) is 11.9 Å². The van der Waals surface area contributed by atoms with E-state index in [1.54, 1.807) is 7.05 Å². The summed E-state index contributed by atoms with van der Waals surface area (Å²) in [5.74, 6) is -1.39. The van der Waals surface area contributed by atoms with E-state index < -0.39 is 29.6 Å². The highest BCUT2D eigenvalue weighted by Crippen LogP contribution is 2.41. The number of aryl methyl sites for hydroxylation is 2. The number of hydrogen-bond donors (Lipinski definition) is 1. The minimum atomic E-state index is -4.62. The van der Waals surface area contributed by atoms with E-state index in [0.29, 0.717) is 25.3 Å². The summed E-state index contributed by atoms with van der Waals surface area (Å²) in [4.78, 5) is 41.0. The third kappa shape index (κ3) is 5.64. The smallest absolute Gasteiger partial charge is 0.395 e. The first kappa shape index (κ1) is 29.3. The predicted octanol–water partition coefficient (Wildman–Crippen LogP) is 2.53. The van der Waals surface area contributed by atoms with E-state index in [4.69, 9.17) is 0 Å². The number of rotatable bonds is 5. The molecule has 1 N–H and O–H groups in total. The zero-order chi connectivity index (χ0) is 29.6. The average Bonchev–Trinajstić information content (AvgIpc) is 3.24. The van der Waals surface area contributed by atoms with Crippen LogP contribution in [0, 0.1) is 19.8 Å². The van der Waals surface area contributed by atoms with Crippen LogP contribution in [0.2, 0.25) is 0 Å². The van der Waals surface area contributed by atoms with Crippen molar-refractivity contribution in [3.8, 4) is 0 Å². The van der Waals surface area contributed by atoms with Crippen LogP contribution in [0.3, 0.4) is 0 Å². The minimum absolute atomic E-state index is 0.00983. The Labute approximate surface area is 238 Å². The van der Waals surface area contributed by atoms with Gasteiger partial charge in [-0.15, -0.1) is 0 Å². The molecule has 4 heterocycles. The van der Waals surface area contributed by atoms with Crippen molar-refractivity contribution in [2.24, 2.45) is 5.92 Å². The van der Waals surface area contributed by atoms with E-state index in [1.165, 1.54) is 16.7 Å². The van der Waals surface area contributed by atoms with Crippen LogP contribution in [0.25, 0.3) is 0 Å². The molecule has 1 aromatic carbocycles. The molecule has 0 unspecified atom stereocenters. The van der Waals surface area contributed by atoms with Crippen molar-refractivity contribution >= 4 is 29.0 Å². The number of aliphatic hydroxyl groups is 1. The second-order valence-corrected chi connectivity index (χ2v) is 11.4. The Morgan fingerprint density at radius 3 is 2.51 bits per heavy atom. The first-order chi connectivity index (χ1) is 19.4. The second-order valence-electron chi connectivity index (χ2n) is 11.4.